The molecule has 1 amide bonds. The van der Waals surface area contributed by atoms with Crippen LogP contribution in [-0.4, -0.2) is 36.0 Å². The summed E-state index contributed by atoms with van der Waals surface area (Å²) < 4.78 is 5.09. The lowest BCUT2D eigenvalue weighted by Gasteiger charge is -2.12. The molecule has 0 unspecified atom stereocenters. The van der Waals surface area contributed by atoms with Gasteiger partial charge in [0.25, 0.3) is 0 Å². The number of amides is 1. The third kappa shape index (κ3) is 6.18. The highest BCUT2D eigenvalue weighted by atomic mass is 32.2. The van der Waals surface area contributed by atoms with E-state index in [0.717, 1.165) is 5.75 Å². The summed E-state index contributed by atoms with van der Waals surface area (Å²) in [6.07, 6.45) is 2.44. The Morgan fingerprint density at radius 2 is 1.90 bits per heavy atom. The first-order valence-electron chi connectivity index (χ1n) is 6.80. The number of rotatable bonds is 7. The molecule has 1 rings (SSSR count). The van der Waals surface area contributed by atoms with Crippen LogP contribution in [0.3, 0.4) is 0 Å². The maximum atomic E-state index is 11.8. The monoisotopic (exact) mass is 310 g/mol. The molecule has 1 aromatic rings. The maximum absolute atomic E-state index is 11.8. The third-order valence-corrected chi connectivity index (χ3v) is 3.34. The van der Waals surface area contributed by atoms with E-state index >= 15 is 0 Å². The van der Waals surface area contributed by atoms with E-state index in [4.69, 9.17) is 10.5 Å². The molecule has 0 aliphatic heterocycles. The van der Waals surface area contributed by atoms with Crippen molar-refractivity contribution in [1.29, 1.82) is 0 Å². The summed E-state index contributed by atoms with van der Waals surface area (Å²) in [5.41, 5.74) is 6.85. The van der Waals surface area contributed by atoms with Gasteiger partial charge in [-0.05, 0) is 56.5 Å². The largest absolute Gasteiger partial charge is 0.459 e. The van der Waals surface area contributed by atoms with E-state index in [2.05, 4.69) is 5.32 Å². The SMILES string of the molecule is CSCC[C@H](N)C(=O)Nc1ccc(C(=O)OC(C)C)cc1. The molecule has 0 spiro atoms. The summed E-state index contributed by atoms with van der Waals surface area (Å²) in [5.74, 6) is 0.246. The highest BCUT2D eigenvalue weighted by molar-refractivity contribution is 7.98. The molecular formula is C15H22N2O3S. The van der Waals surface area contributed by atoms with E-state index in [1.54, 1.807) is 49.9 Å². The van der Waals surface area contributed by atoms with Crippen LogP contribution in [0.5, 0.6) is 0 Å². The van der Waals surface area contributed by atoms with E-state index in [1.165, 1.54) is 0 Å². The first kappa shape index (κ1) is 17.5. The van der Waals surface area contributed by atoms with E-state index < -0.39 is 6.04 Å². The number of nitrogens with two attached hydrogens (primary N) is 1. The number of thioether (sulfide) groups is 1. The normalized spacial score (nSPS) is 12.0. The first-order chi connectivity index (χ1) is 9.93. The number of nitrogens with one attached hydrogen (secondary N) is 1. The van der Waals surface area contributed by atoms with Crippen LogP contribution >= 0.6 is 11.8 Å². The van der Waals surface area contributed by atoms with Crippen LogP contribution in [0, 0.1) is 0 Å². The number of carbonyl (C=O) groups is 2. The van der Waals surface area contributed by atoms with Crippen molar-refractivity contribution in [1.82, 2.24) is 0 Å². The minimum absolute atomic E-state index is 0.161. The second-order valence-electron chi connectivity index (χ2n) is 4.91. The van der Waals surface area contributed by atoms with Crippen LogP contribution in [0.4, 0.5) is 5.69 Å². The summed E-state index contributed by atoms with van der Waals surface area (Å²) >= 11 is 1.65. The Kier molecular flexibility index (Phi) is 7.25. The predicted molar refractivity (Wildman–Crippen MR) is 86.6 cm³/mol. The minimum atomic E-state index is -0.525. The summed E-state index contributed by atoms with van der Waals surface area (Å²) in [5, 5.41) is 2.73. The van der Waals surface area contributed by atoms with Crippen molar-refractivity contribution in [2.24, 2.45) is 5.73 Å². The summed E-state index contributed by atoms with van der Waals surface area (Å²) in [4.78, 5) is 23.5. The Morgan fingerprint density at radius 1 is 1.29 bits per heavy atom. The second-order valence-corrected chi connectivity index (χ2v) is 5.89. The Bertz CT molecular complexity index is 474. The molecule has 21 heavy (non-hydrogen) atoms. The fraction of sp³-hybridized carbons (Fsp3) is 0.467. The molecule has 0 fully saturated rings. The summed E-state index contributed by atoms with van der Waals surface area (Å²) in [7, 11) is 0. The van der Waals surface area contributed by atoms with Crippen LogP contribution in [0.2, 0.25) is 0 Å². The third-order valence-electron chi connectivity index (χ3n) is 2.70. The summed E-state index contributed by atoms with van der Waals surface area (Å²) in [6, 6.07) is 6.04. The number of ether oxygens (including phenoxy) is 1. The van der Waals surface area contributed by atoms with Gasteiger partial charge in [0.2, 0.25) is 5.91 Å². The number of hydrogen-bond acceptors (Lipinski definition) is 5. The minimum Gasteiger partial charge on any atom is -0.459 e. The lowest BCUT2D eigenvalue weighted by molar-refractivity contribution is -0.117. The van der Waals surface area contributed by atoms with Crippen molar-refractivity contribution in [2.45, 2.75) is 32.4 Å². The highest BCUT2D eigenvalue weighted by Crippen LogP contribution is 2.12. The van der Waals surface area contributed by atoms with Crippen LogP contribution in [-0.2, 0) is 9.53 Å². The molecule has 0 aliphatic rings. The number of benzene rings is 1. The van der Waals surface area contributed by atoms with Crippen molar-refractivity contribution < 1.29 is 14.3 Å². The Balaban J connectivity index is 2.58. The van der Waals surface area contributed by atoms with Gasteiger partial charge in [0.05, 0.1) is 17.7 Å². The predicted octanol–water partition coefficient (Wildman–Crippen LogP) is 2.27. The average Bonchev–Trinajstić information content (AvgIpc) is 2.44. The lowest BCUT2D eigenvalue weighted by atomic mass is 10.2. The molecule has 1 atom stereocenters. The molecule has 0 heterocycles. The number of carbonyl (C=O) groups excluding carboxylic acids is 2. The Labute approximate surface area is 129 Å². The molecule has 0 radical (unpaired) electrons. The number of anilines is 1. The zero-order chi connectivity index (χ0) is 15.8. The molecule has 0 saturated carbocycles. The zero-order valence-electron chi connectivity index (χ0n) is 12.6. The molecular weight excluding hydrogens is 288 g/mol. The number of hydrogen-bond donors (Lipinski definition) is 2. The van der Waals surface area contributed by atoms with Gasteiger partial charge in [-0.2, -0.15) is 11.8 Å². The van der Waals surface area contributed by atoms with Crippen molar-refractivity contribution in [3.63, 3.8) is 0 Å². The second kappa shape index (κ2) is 8.69. The molecule has 116 valence electrons. The number of esters is 1. The van der Waals surface area contributed by atoms with Crippen LogP contribution in [0.25, 0.3) is 0 Å². The van der Waals surface area contributed by atoms with Crippen LogP contribution in [0.1, 0.15) is 30.6 Å². The average molecular weight is 310 g/mol. The maximum Gasteiger partial charge on any atom is 0.338 e. The van der Waals surface area contributed by atoms with Gasteiger partial charge in [-0.25, -0.2) is 4.79 Å². The summed E-state index contributed by atoms with van der Waals surface area (Å²) in [6.45, 7) is 3.59. The highest BCUT2D eigenvalue weighted by Gasteiger charge is 2.14. The molecule has 6 heteroatoms. The van der Waals surface area contributed by atoms with Gasteiger partial charge in [-0.1, -0.05) is 0 Å². The smallest absolute Gasteiger partial charge is 0.338 e. The standard InChI is InChI=1S/C15H22N2O3S/c1-10(2)20-15(19)11-4-6-12(7-5-11)17-14(18)13(16)8-9-21-3/h4-7,10,13H,8-9,16H2,1-3H3,(H,17,18)/t13-/m0/s1. The van der Waals surface area contributed by atoms with Gasteiger partial charge in [0.15, 0.2) is 0 Å². The van der Waals surface area contributed by atoms with E-state index in [-0.39, 0.29) is 18.0 Å². The van der Waals surface area contributed by atoms with Crippen LogP contribution in [0.15, 0.2) is 24.3 Å². The fourth-order valence-corrected chi connectivity index (χ4v) is 2.07. The van der Waals surface area contributed by atoms with Gasteiger partial charge >= 0.3 is 5.97 Å². The molecule has 0 aromatic heterocycles. The van der Waals surface area contributed by atoms with Crippen molar-refractivity contribution in [2.75, 3.05) is 17.3 Å². The quantitative estimate of drug-likeness (QED) is 0.755. The molecule has 5 nitrogen and oxygen atoms in total. The van der Waals surface area contributed by atoms with E-state index in [1.807, 2.05) is 6.26 Å². The Morgan fingerprint density at radius 3 is 2.43 bits per heavy atom. The zero-order valence-corrected chi connectivity index (χ0v) is 13.4. The fourth-order valence-electron chi connectivity index (χ4n) is 1.58. The topological polar surface area (TPSA) is 81.4 Å². The first-order valence-corrected chi connectivity index (χ1v) is 8.20. The molecule has 0 aliphatic carbocycles. The van der Waals surface area contributed by atoms with Crippen LogP contribution < -0.4 is 11.1 Å². The van der Waals surface area contributed by atoms with Gasteiger partial charge < -0.3 is 15.8 Å². The van der Waals surface area contributed by atoms with Crippen molar-refractivity contribution in [3.8, 4) is 0 Å². The van der Waals surface area contributed by atoms with Gasteiger partial charge in [0, 0.05) is 5.69 Å². The molecule has 0 saturated heterocycles. The van der Waals surface area contributed by atoms with E-state index in [9.17, 15) is 9.59 Å². The van der Waals surface area contributed by atoms with E-state index in [0.29, 0.717) is 17.7 Å². The van der Waals surface area contributed by atoms with Gasteiger partial charge in [0.1, 0.15) is 0 Å². The molecule has 3 N–H and O–H groups in total. The van der Waals surface area contributed by atoms with Crippen molar-refractivity contribution >= 4 is 29.3 Å². The van der Waals surface area contributed by atoms with Gasteiger partial charge in [-0.15, -0.1) is 0 Å². The van der Waals surface area contributed by atoms with Gasteiger partial charge in [-0.3, -0.25) is 4.79 Å². The lowest BCUT2D eigenvalue weighted by Crippen LogP contribution is -2.36. The Hall–Kier alpha value is -1.53. The molecule has 0 bridgehead atoms. The molecule has 1 aromatic carbocycles. The van der Waals surface area contributed by atoms with Crippen molar-refractivity contribution in [3.05, 3.63) is 29.8 Å².